The van der Waals surface area contributed by atoms with Gasteiger partial charge in [-0.05, 0) is 24.7 Å². The Balaban J connectivity index is 2.76. The maximum Gasteiger partial charge on any atom is 0.0624 e. The molecule has 2 unspecified atom stereocenters. The first-order valence-electron chi connectivity index (χ1n) is 5.64. The van der Waals surface area contributed by atoms with E-state index in [0.717, 1.165) is 6.54 Å². The van der Waals surface area contributed by atoms with E-state index >= 15 is 0 Å². The van der Waals surface area contributed by atoms with Crippen molar-refractivity contribution in [1.29, 1.82) is 0 Å². The quantitative estimate of drug-likeness (QED) is 0.841. The highest BCUT2D eigenvalue weighted by atomic mass is 35.5. The van der Waals surface area contributed by atoms with Gasteiger partial charge < -0.3 is 10.1 Å². The van der Waals surface area contributed by atoms with Crippen LogP contribution in [0.5, 0.6) is 0 Å². The second-order valence-corrected chi connectivity index (χ2v) is 6.10. The number of rotatable bonds is 7. The number of methoxy groups -OCH3 is 1. The van der Waals surface area contributed by atoms with Crippen molar-refractivity contribution in [1.82, 2.24) is 5.32 Å². The van der Waals surface area contributed by atoms with Gasteiger partial charge in [-0.3, -0.25) is 4.21 Å². The van der Waals surface area contributed by atoms with Crippen LogP contribution in [0.3, 0.4) is 0 Å². The normalized spacial score (nSPS) is 14.4. The van der Waals surface area contributed by atoms with Crippen LogP contribution in [0.4, 0.5) is 0 Å². The third-order valence-corrected chi connectivity index (χ3v) is 4.56. The highest BCUT2D eigenvalue weighted by molar-refractivity contribution is 7.85. The molecule has 1 aromatic rings. The molecule has 0 aliphatic heterocycles. The van der Waals surface area contributed by atoms with Crippen molar-refractivity contribution in [3.63, 3.8) is 0 Å². The smallest absolute Gasteiger partial charge is 0.0624 e. The molecule has 6 heteroatoms. The lowest BCUT2D eigenvalue weighted by Crippen LogP contribution is -2.37. The SMILES string of the molecule is CCNC(COC)CS(=O)c1cc(Cl)ccc1Cl. The average Bonchev–Trinajstić information content (AvgIpc) is 2.33. The maximum atomic E-state index is 12.3. The van der Waals surface area contributed by atoms with Gasteiger partial charge in [0.2, 0.25) is 0 Å². The van der Waals surface area contributed by atoms with E-state index in [-0.39, 0.29) is 6.04 Å². The van der Waals surface area contributed by atoms with Gasteiger partial charge in [-0.1, -0.05) is 30.1 Å². The number of halogens is 2. The molecular formula is C12H17Cl2NO2S. The molecule has 1 aromatic carbocycles. The van der Waals surface area contributed by atoms with E-state index in [0.29, 0.717) is 27.3 Å². The summed E-state index contributed by atoms with van der Waals surface area (Å²) in [6, 6.07) is 5.03. The lowest BCUT2D eigenvalue weighted by atomic mass is 10.3. The monoisotopic (exact) mass is 309 g/mol. The second kappa shape index (κ2) is 8.12. The van der Waals surface area contributed by atoms with Crippen LogP contribution in [-0.2, 0) is 15.5 Å². The van der Waals surface area contributed by atoms with Gasteiger partial charge in [0.1, 0.15) is 0 Å². The fourth-order valence-corrected chi connectivity index (χ4v) is 3.50. The number of likely N-dealkylation sites (N-methyl/N-ethyl adjacent to an activating group) is 1. The highest BCUT2D eigenvalue weighted by Gasteiger charge is 2.15. The summed E-state index contributed by atoms with van der Waals surface area (Å²) in [5, 5.41) is 4.24. The molecule has 102 valence electrons. The summed E-state index contributed by atoms with van der Waals surface area (Å²) in [6.45, 7) is 3.31. The Labute approximate surface area is 120 Å². The van der Waals surface area contributed by atoms with E-state index in [9.17, 15) is 4.21 Å². The summed E-state index contributed by atoms with van der Waals surface area (Å²) in [4.78, 5) is 0.572. The Morgan fingerprint density at radius 3 is 2.78 bits per heavy atom. The lowest BCUT2D eigenvalue weighted by molar-refractivity contribution is 0.174. The Kier molecular flexibility index (Phi) is 7.19. The summed E-state index contributed by atoms with van der Waals surface area (Å²) < 4.78 is 17.3. The van der Waals surface area contributed by atoms with Crippen molar-refractivity contribution in [3.8, 4) is 0 Å². The molecule has 0 aliphatic rings. The lowest BCUT2D eigenvalue weighted by Gasteiger charge is -2.16. The van der Waals surface area contributed by atoms with Gasteiger partial charge in [0.15, 0.2) is 0 Å². The van der Waals surface area contributed by atoms with Gasteiger partial charge in [0.25, 0.3) is 0 Å². The molecule has 0 amide bonds. The van der Waals surface area contributed by atoms with Gasteiger partial charge in [0, 0.05) is 23.9 Å². The van der Waals surface area contributed by atoms with E-state index < -0.39 is 10.8 Å². The number of hydrogen-bond donors (Lipinski definition) is 1. The van der Waals surface area contributed by atoms with E-state index in [1.807, 2.05) is 6.92 Å². The first-order valence-corrected chi connectivity index (χ1v) is 7.71. The standard InChI is InChI=1S/C12H17Cl2NO2S/c1-3-15-10(7-17-2)8-18(16)12-6-9(13)4-5-11(12)14/h4-6,10,15H,3,7-8H2,1-2H3. The summed E-state index contributed by atoms with van der Waals surface area (Å²) >= 11 is 11.9. The van der Waals surface area contributed by atoms with Gasteiger partial charge in [-0.2, -0.15) is 0 Å². The van der Waals surface area contributed by atoms with Crippen molar-refractivity contribution in [3.05, 3.63) is 28.2 Å². The second-order valence-electron chi connectivity index (χ2n) is 3.80. The topological polar surface area (TPSA) is 38.3 Å². The largest absolute Gasteiger partial charge is 0.383 e. The molecule has 1 rings (SSSR count). The van der Waals surface area contributed by atoms with E-state index in [2.05, 4.69) is 5.32 Å². The van der Waals surface area contributed by atoms with Gasteiger partial charge in [0.05, 0.1) is 27.3 Å². The maximum absolute atomic E-state index is 12.3. The predicted molar refractivity (Wildman–Crippen MR) is 77.1 cm³/mol. The third kappa shape index (κ3) is 4.86. The van der Waals surface area contributed by atoms with E-state index in [4.69, 9.17) is 27.9 Å². The minimum absolute atomic E-state index is 0.0379. The molecule has 0 saturated carbocycles. The van der Waals surface area contributed by atoms with Crippen LogP contribution in [-0.4, -0.2) is 36.3 Å². The summed E-state index contributed by atoms with van der Waals surface area (Å²) in [5.74, 6) is 0.446. The first kappa shape index (κ1) is 15.9. The first-order chi connectivity index (χ1) is 8.58. The zero-order chi connectivity index (χ0) is 13.5. The molecule has 0 fully saturated rings. The van der Waals surface area contributed by atoms with Crippen molar-refractivity contribution in [2.75, 3.05) is 26.0 Å². The molecular weight excluding hydrogens is 293 g/mol. The van der Waals surface area contributed by atoms with Gasteiger partial charge in [-0.25, -0.2) is 0 Å². The molecule has 0 aliphatic carbocycles. The molecule has 2 atom stereocenters. The number of ether oxygens (including phenoxy) is 1. The number of nitrogens with one attached hydrogen (secondary N) is 1. The fraction of sp³-hybridized carbons (Fsp3) is 0.500. The Morgan fingerprint density at radius 2 is 2.17 bits per heavy atom. The zero-order valence-electron chi connectivity index (χ0n) is 10.4. The molecule has 1 N–H and O–H groups in total. The Morgan fingerprint density at radius 1 is 1.44 bits per heavy atom. The molecule has 0 aromatic heterocycles. The summed E-state index contributed by atoms with van der Waals surface area (Å²) in [6.07, 6.45) is 0. The van der Waals surface area contributed by atoms with Crippen LogP contribution in [0.25, 0.3) is 0 Å². The molecule has 0 radical (unpaired) electrons. The van der Waals surface area contributed by atoms with Gasteiger partial charge in [-0.15, -0.1) is 0 Å². The van der Waals surface area contributed by atoms with E-state index in [1.165, 1.54) is 0 Å². The molecule has 0 heterocycles. The van der Waals surface area contributed by atoms with Crippen molar-refractivity contribution >= 4 is 34.0 Å². The minimum atomic E-state index is -1.20. The third-order valence-electron chi connectivity index (χ3n) is 2.35. The van der Waals surface area contributed by atoms with Crippen molar-refractivity contribution in [2.24, 2.45) is 0 Å². The molecule has 0 spiro atoms. The Hall–Kier alpha value is -0.130. The summed E-state index contributed by atoms with van der Waals surface area (Å²) in [5.41, 5.74) is 0. The Bertz CT molecular complexity index is 409. The van der Waals surface area contributed by atoms with Crippen molar-refractivity contribution in [2.45, 2.75) is 17.9 Å². The number of hydrogen-bond acceptors (Lipinski definition) is 3. The molecule has 0 saturated heterocycles. The van der Waals surface area contributed by atoms with Crippen LogP contribution in [0.15, 0.2) is 23.1 Å². The predicted octanol–water partition coefficient (Wildman–Crippen LogP) is 2.73. The molecule has 0 bridgehead atoms. The van der Waals surface area contributed by atoms with Crippen LogP contribution >= 0.6 is 23.2 Å². The van der Waals surface area contributed by atoms with Gasteiger partial charge >= 0.3 is 0 Å². The summed E-state index contributed by atoms with van der Waals surface area (Å²) in [7, 11) is 0.427. The highest BCUT2D eigenvalue weighted by Crippen LogP contribution is 2.24. The molecule has 18 heavy (non-hydrogen) atoms. The number of benzene rings is 1. The van der Waals surface area contributed by atoms with Crippen LogP contribution in [0, 0.1) is 0 Å². The fourth-order valence-electron chi connectivity index (χ4n) is 1.58. The van der Waals surface area contributed by atoms with Crippen LogP contribution < -0.4 is 5.32 Å². The molecule has 3 nitrogen and oxygen atoms in total. The van der Waals surface area contributed by atoms with Crippen LogP contribution in [0.1, 0.15) is 6.92 Å². The van der Waals surface area contributed by atoms with Crippen LogP contribution in [0.2, 0.25) is 10.0 Å². The zero-order valence-corrected chi connectivity index (χ0v) is 12.7. The minimum Gasteiger partial charge on any atom is -0.383 e. The van der Waals surface area contributed by atoms with Crippen molar-refractivity contribution < 1.29 is 8.95 Å². The van der Waals surface area contributed by atoms with E-state index in [1.54, 1.807) is 25.3 Å². The average molecular weight is 310 g/mol.